The van der Waals surface area contributed by atoms with Crippen molar-refractivity contribution in [2.75, 3.05) is 18.8 Å². The summed E-state index contributed by atoms with van der Waals surface area (Å²) in [7, 11) is 0. The Labute approximate surface area is 112 Å². The van der Waals surface area contributed by atoms with Crippen LogP contribution in [0.3, 0.4) is 0 Å². The number of thioether (sulfide) groups is 1. The van der Waals surface area contributed by atoms with Crippen molar-refractivity contribution in [3.63, 3.8) is 0 Å². The van der Waals surface area contributed by atoms with Crippen LogP contribution in [-0.4, -0.2) is 18.8 Å². The van der Waals surface area contributed by atoms with Crippen molar-refractivity contribution < 1.29 is 0 Å². The van der Waals surface area contributed by atoms with Crippen LogP contribution in [0.15, 0.2) is 23.1 Å². The lowest BCUT2D eigenvalue weighted by molar-refractivity contribution is 0.367. The summed E-state index contributed by atoms with van der Waals surface area (Å²) in [4.78, 5) is 1.41. The van der Waals surface area contributed by atoms with Crippen molar-refractivity contribution in [1.82, 2.24) is 5.32 Å². The summed E-state index contributed by atoms with van der Waals surface area (Å²) in [6.07, 6.45) is 10.6. The van der Waals surface area contributed by atoms with Crippen LogP contribution in [0.1, 0.15) is 47.0 Å². The van der Waals surface area contributed by atoms with E-state index in [2.05, 4.69) is 37.4 Å². The van der Waals surface area contributed by atoms with E-state index in [4.69, 9.17) is 0 Å². The molecule has 0 bridgehead atoms. The molecule has 0 atom stereocenters. The number of hydrogen-bond acceptors (Lipinski definition) is 2. The van der Waals surface area contributed by atoms with Crippen LogP contribution in [0.2, 0.25) is 0 Å². The Balaban J connectivity index is 0.00000121. The van der Waals surface area contributed by atoms with E-state index in [1.54, 1.807) is 0 Å². The summed E-state index contributed by atoms with van der Waals surface area (Å²) in [5.41, 5.74) is 0. The molecule has 0 radical (unpaired) electrons. The van der Waals surface area contributed by atoms with Gasteiger partial charge >= 0.3 is 0 Å². The van der Waals surface area contributed by atoms with Gasteiger partial charge < -0.3 is 5.32 Å². The first-order valence-electron chi connectivity index (χ1n) is 6.99. The molecule has 0 spiro atoms. The van der Waals surface area contributed by atoms with Gasteiger partial charge in [0.1, 0.15) is 0 Å². The number of rotatable bonds is 5. The third kappa shape index (κ3) is 8.50. The molecule has 1 rings (SSSR count). The summed E-state index contributed by atoms with van der Waals surface area (Å²) in [5, 5.41) is 3.42. The zero-order valence-electron chi connectivity index (χ0n) is 12.0. The standard InChI is InChI=1S/C13H23NS.C2H6/c1-3-5-13(4-2)15-11-8-12-6-9-14-10-7-12;1-2/h3-5,12,14H,6-11H2,1-2H3;1-2H3/b5-3-,13-4+;. The largest absolute Gasteiger partial charge is 0.317 e. The van der Waals surface area contributed by atoms with Gasteiger partial charge in [-0.15, -0.1) is 11.8 Å². The van der Waals surface area contributed by atoms with E-state index in [1.807, 2.05) is 25.6 Å². The predicted octanol–water partition coefficient (Wildman–Crippen LogP) is 4.62. The van der Waals surface area contributed by atoms with E-state index in [0.29, 0.717) is 0 Å². The molecule has 0 aromatic carbocycles. The minimum absolute atomic E-state index is 0.961. The van der Waals surface area contributed by atoms with Gasteiger partial charge in [-0.3, -0.25) is 0 Å². The molecule has 1 heterocycles. The van der Waals surface area contributed by atoms with Crippen molar-refractivity contribution in [3.05, 3.63) is 23.1 Å². The van der Waals surface area contributed by atoms with Gasteiger partial charge in [0.2, 0.25) is 0 Å². The molecular formula is C15H29NS. The van der Waals surface area contributed by atoms with Crippen molar-refractivity contribution in [2.24, 2.45) is 5.92 Å². The van der Waals surface area contributed by atoms with Gasteiger partial charge in [-0.25, -0.2) is 0 Å². The van der Waals surface area contributed by atoms with E-state index < -0.39 is 0 Å². The molecule has 0 aromatic heterocycles. The fourth-order valence-electron chi connectivity index (χ4n) is 1.91. The molecule has 1 aliphatic heterocycles. The molecule has 0 unspecified atom stereocenters. The first-order chi connectivity index (χ1) is 8.36. The summed E-state index contributed by atoms with van der Waals surface area (Å²) >= 11 is 1.99. The highest BCUT2D eigenvalue weighted by atomic mass is 32.2. The maximum absolute atomic E-state index is 3.42. The lowest BCUT2D eigenvalue weighted by atomic mass is 9.96. The molecule has 1 aliphatic rings. The lowest BCUT2D eigenvalue weighted by Gasteiger charge is -2.22. The van der Waals surface area contributed by atoms with E-state index in [9.17, 15) is 0 Å². The highest BCUT2D eigenvalue weighted by molar-refractivity contribution is 8.03. The molecule has 1 nitrogen and oxygen atoms in total. The van der Waals surface area contributed by atoms with Crippen LogP contribution in [-0.2, 0) is 0 Å². The number of piperidine rings is 1. The van der Waals surface area contributed by atoms with Gasteiger partial charge in [0.05, 0.1) is 0 Å². The van der Waals surface area contributed by atoms with E-state index in [1.165, 1.54) is 43.0 Å². The fraction of sp³-hybridized carbons (Fsp3) is 0.733. The van der Waals surface area contributed by atoms with Crippen LogP contribution >= 0.6 is 11.8 Å². The summed E-state index contributed by atoms with van der Waals surface area (Å²) in [6, 6.07) is 0. The maximum Gasteiger partial charge on any atom is 0.00259 e. The lowest BCUT2D eigenvalue weighted by Crippen LogP contribution is -2.27. The Kier molecular flexibility index (Phi) is 12.1. The average Bonchev–Trinajstić information content (AvgIpc) is 2.41. The van der Waals surface area contributed by atoms with Crippen molar-refractivity contribution in [3.8, 4) is 0 Å². The van der Waals surface area contributed by atoms with Crippen LogP contribution in [0, 0.1) is 5.92 Å². The van der Waals surface area contributed by atoms with Gasteiger partial charge in [-0.1, -0.05) is 32.1 Å². The Hall–Kier alpha value is -0.210. The van der Waals surface area contributed by atoms with Crippen molar-refractivity contribution in [2.45, 2.75) is 47.0 Å². The zero-order valence-corrected chi connectivity index (χ0v) is 12.8. The molecule has 0 saturated carbocycles. The molecule has 1 N–H and O–H groups in total. The second-order valence-corrected chi connectivity index (χ2v) is 5.19. The predicted molar refractivity (Wildman–Crippen MR) is 82.6 cm³/mol. The van der Waals surface area contributed by atoms with Crippen LogP contribution in [0.5, 0.6) is 0 Å². The molecule has 1 saturated heterocycles. The normalized spacial score (nSPS) is 18.0. The number of hydrogen-bond donors (Lipinski definition) is 1. The Morgan fingerprint density at radius 3 is 2.41 bits per heavy atom. The van der Waals surface area contributed by atoms with Crippen LogP contribution in [0.4, 0.5) is 0 Å². The first kappa shape index (κ1) is 16.8. The molecule has 0 aromatic rings. The highest BCUT2D eigenvalue weighted by Gasteiger charge is 2.12. The third-order valence-electron chi connectivity index (χ3n) is 2.87. The van der Waals surface area contributed by atoms with E-state index >= 15 is 0 Å². The number of allylic oxidation sites excluding steroid dienone is 3. The topological polar surface area (TPSA) is 12.0 Å². The average molecular weight is 255 g/mol. The van der Waals surface area contributed by atoms with Crippen molar-refractivity contribution in [1.29, 1.82) is 0 Å². The minimum Gasteiger partial charge on any atom is -0.317 e. The van der Waals surface area contributed by atoms with Crippen LogP contribution in [0.25, 0.3) is 0 Å². The van der Waals surface area contributed by atoms with Gasteiger partial charge in [-0.2, -0.15) is 0 Å². The van der Waals surface area contributed by atoms with Crippen LogP contribution < -0.4 is 5.32 Å². The van der Waals surface area contributed by atoms with Crippen molar-refractivity contribution >= 4 is 11.8 Å². The third-order valence-corrected chi connectivity index (χ3v) is 4.01. The first-order valence-corrected chi connectivity index (χ1v) is 7.98. The molecule has 0 amide bonds. The fourth-order valence-corrected chi connectivity index (χ4v) is 2.99. The minimum atomic E-state index is 0.961. The molecule has 100 valence electrons. The second-order valence-electron chi connectivity index (χ2n) is 4.02. The highest BCUT2D eigenvalue weighted by Crippen LogP contribution is 2.23. The van der Waals surface area contributed by atoms with E-state index in [0.717, 1.165) is 5.92 Å². The zero-order chi connectivity index (χ0) is 12.9. The summed E-state index contributed by atoms with van der Waals surface area (Å²) in [6.45, 7) is 10.6. The van der Waals surface area contributed by atoms with Gasteiger partial charge in [-0.05, 0) is 57.9 Å². The molecule has 2 heteroatoms. The van der Waals surface area contributed by atoms with E-state index in [-0.39, 0.29) is 0 Å². The Bertz CT molecular complexity index is 215. The summed E-state index contributed by atoms with van der Waals surface area (Å²) < 4.78 is 0. The molecule has 17 heavy (non-hydrogen) atoms. The second kappa shape index (κ2) is 12.3. The van der Waals surface area contributed by atoms with Gasteiger partial charge in [0, 0.05) is 4.91 Å². The molecule has 1 fully saturated rings. The smallest absolute Gasteiger partial charge is 0.00259 e. The molecular weight excluding hydrogens is 226 g/mol. The molecule has 0 aliphatic carbocycles. The quantitative estimate of drug-likeness (QED) is 0.720. The Morgan fingerprint density at radius 2 is 1.88 bits per heavy atom. The van der Waals surface area contributed by atoms with Gasteiger partial charge in [0.15, 0.2) is 0 Å². The summed E-state index contributed by atoms with van der Waals surface area (Å²) in [5.74, 6) is 2.23. The maximum atomic E-state index is 3.42. The van der Waals surface area contributed by atoms with Gasteiger partial charge in [0.25, 0.3) is 0 Å². The monoisotopic (exact) mass is 255 g/mol. The Morgan fingerprint density at radius 1 is 1.24 bits per heavy atom. The number of nitrogens with one attached hydrogen (secondary N) is 1. The SMILES string of the molecule is C/C=C\C(=C/C)SCCC1CCNCC1.CC.